The van der Waals surface area contributed by atoms with Crippen LogP contribution in [-0.4, -0.2) is 53.4 Å². The molecule has 0 aromatic carbocycles. The van der Waals surface area contributed by atoms with Crippen molar-refractivity contribution in [2.24, 2.45) is 0 Å². The van der Waals surface area contributed by atoms with Crippen LogP contribution in [0, 0.1) is 0 Å². The number of thiazole rings is 1. The number of amides is 1. The number of carbonyl (C=O) groups excluding carboxylic acids is 1. The van der Waals surface area contributed by atoms with E-state index in [1.54, 1.807) is 24.1 Å². The Morgan fingerprint density at radius 2 is 2.37 bits per heavy atom. The summed E-state index contributed by atoms with van der Waals surface area (Å²) in [6.45, 7) is 2.02. The molecular weight excluding hydrogens is 306 g/mol. The summed E-state index contributed by atoms with van der Waals surface area (Å²) in [5, 5.41) is 1.12. The van der Waals surface area contributed by atoms with Crippen LogP contribution in [0.15, 0.2) is 5.38 Å². The molecule has 1 aliphatic heterocycles. The molecule has 1 aliphatic rings. The van der Waals surface area contributed by atoms with Crippen LogP contribution >= 0.6 is 23.1 Å². The monoisotopic (exact) mass is 321 g/mol. The Balaban J connectivity index is 2.27. The highest BCUT2D eigenvalue weighted by molar-refractivity contribution is 8.01. The normalized spacial score (nSPS) is 20.5. The average Bonchev–Trinajstić information content (AvgIpc) is 2.84. The molecule has 19 heavy (non-hydrogen) atoms. The van der Waals surface area contributed by atoms with E-state index in [4.69, 9.17) is 5.73 Å². The lowest BCUT2D eigenvalue weighted by Crippen LogP contribution is -2.50. The van der Waals surface area contributed by atoms with Gasteiger partial charge in [-0.05, 0) is 0 Å². The average molecular weight is 321 g/mol. The zero-order valence-electron chi connectivity index (χ0n) is 10.4. The second-order valence-electron chi connectivity index (χ2n) is 4.05. The topological polar surface area (TPSA) is 93.4 Å². The van der Waals surface area contributed by atoms with Crippen molar-refractivity contribution in [3.8, 4) is 0 Å². The first-order valence-corrected chi connectivity index (χ1v) is 9.52. The number of sulfone groups is 1. The van der Waals surface area contributed by atoms with Crippen molar-refractivity contribution < 1.29 is 13.2 Å². The molecule has 1 fully saturated rings. The first-order valence-electron chi connectivity index (χ1n) is 5.77. The van der Waals surface area contributed by atoms with Crippen molar-refractivity contribution in [2.45, 2.75) is 12.3 Å². The van der Waals surface area contributed by atoms with Gasteiger partial charge >= 0.3 is 0 Å². The Kier molecular flexibility index (Phi) is 4.36. The maximum atomic E-state index is 12.3. The highest BCUT2D eigenvalue weighted by Crippen LogP contribution is 2.24. The zero-order valence-corrected chi connectivity index (χ0v) is 12.9. The van der Waals surface area contributed by atoms with Crippen LogP contribution in [0.5, 0.6) is 0 Å². The summed E-state index contributed by atoms with van der Waals surface area (Å²) in [6, 6.07) is 0. The number of aromatic nitrogens is 1. The van der Waals surface area contributed by atoms with Gasteiger partial charge < -0.3 is 10.6 Å². The second kappa shape index (κ2) is 5.68. The van der Waals surface area contributed by atoms with Crippen molar-refractivity contribution in [1.29, 1.82) is 0 Å². The zero-order chi connectivity index (χ0) is 14.0. The van der Waals surface area contributed by atoms with E-state index in [-0.39, 0.29) is 17.4 Å². The summed E-state index contributed by atoms with van der Waals surface area (Å²) in [5.41, 5.74) is 5.73. The number of carbonyl (C=O) groups is 1. The largest absolute Gasteiger partial charge is 0.375 e. The lowest BCUT2D eigenvalue weighted by atomic mass is 10.4. The molecule has 1 saturated heterocycles. The van der Waals surface area contributed by atoms with Crippen LogP contribution in [0.25, 0.3) is 0 Å². The molecular formula is C10H15N3O3S3. The lowest BCUT2D eigenvalue weighted by molar-refractivity contribution is 0.0744. The molecule has 1 amide bonds. The van der Waals surface area contributed by atoms with Gasteiger partial charge in [-0.15, -0.1) is 11.3 Å². The first kappa shape index (κ1) is 14.6. The number of nitrogen functional groups attached to an aromatic ring is 1. The molecule has 2 N–H and O–H groups in total. The summed E-state index contributed by atoms with van der Waals surface area (Å²) in [5.74, 6) is 0.833. The van der Waals surface area contributed by atoms with Crippen molar-refractivity contribution in [1.82, 2.24) is 9.88 Å². The van der Waals surface area contributed by atoms with E-state index in [2.05, 4.69) is 4.98 Å². The highest BCUT2D eigenvalue weighted by Gasteiger charge is 2.36. The molecule has 106 valence electrons. The minimum atomic E-state index is -3.29. The van der Waals surface area contributed by atoms with Gasteiger partial charge in [0.05, 0.1) is 0 Å². The van der Waals surface area contributed by atoms with E-state index in [1.165, 1.54) is 16.2 Å². The van der Waals surface area contributed by atoms with Gasteiger partial charge in [-0.2, -0.15) is 11.8 Å². The molecule has 2 rings (SSSR count). The van der Waals surface area contributed by atoms with Crippen LogP contribution in [0.3, 0.4) is 0 Å². The molecule has 0 radical (unpaired) electrons. The SMILES string of the molecule is CCS(=O)(=O)C1CSCCN1C(=O)c1csc(N)n1. The third-order valence-corrected chi connectivity index (χ3v) is 6.87. The lowest BCUT2D eigenvalue weighted by Gasteiger charge is -2.34. The fraction of sp³-hybridized carbons (Fsp3) is 0.600. The van der Waals surface area contributed by atoms with Crippen molar-refractivity contribution in [3.63, 3.8) is 0 Å². The van der Waals surface area contributed by atoms with Crippen LogP contribution < -0.4 is 5.73 Å². The van der Waals surface area contributed by atoms with E-state index in [0.717, 1.165) is 5.75 Å². The smallest absolute Gasteiger partial charge is 0.274 e. The molecule has 0 bridgehead atoms. The second-order valence-corrected chi connectivity index (χ2v) is 8.54. The van der Waals surface area contributed by atoms with Gasteiger partial charge in [0.25, 0.3) is 5.91 Å². The highest BCUT2D eigenvalue weighted by atomic mass is 32.2. The maximum absolute atomic E-state index is 12.3. The molecule has 0 spiro atoms. The van der Waals surface area contributed by atoms with E-state index in [1.807, 2.05) is 0 Å². The third-order valence-electron chi connectivity index (χ3n) is 2.90. The molecule has 1 atom stereocenters. The molecule has 1 aromatic heterocycles. The molecule has 9 heteroatoms. The quantitative estimate of drug-likeness (QED) is 0.880. The number of rotatable bonds is 3. The number of hydrogen-bond donors (Lipinski definition) is 1. The van der Waals surface area contributed by atoms with Gasteiger partial charge in [0, 0.05) is 29.2 Å². The van der Waals surface area contributed by atoms with Crippen LogP contribution in [-0.2, 0) is 9.84 Å². The van der Waals surface area contributed by atoms with E-state index in [0.29, 0.717) is 17.4 Å². The van der Waals surface area contributed by atoms with Gasteiger partial charge in [-0.3, -0.25) is 4.79 Å². The summed E-state index contributed by atoms with van der Waals surface area (Å²) >= 11 is 2.73. The van der Waals surface area contributed by atoms with Crippen LogP contribution in [0.4, 0.5) is 5.13 Å². The number of nitrogens with two attached hydrogens (primary N) is 1. The Morgan fingerprint density at radius 1 is 1.63 bits per heavy atom. The fourth-order valence-corrected chi connectivity index (χ4v) is 5.34. The van der Waals surface area contributed by atoms with Crippen molar-refractivity contribution in [3.05, 3.63) is 11.1 Å². The van der Waals surface area contributed by atoms with E-state index >= 15 is 0 Å². The van der Waals surface area contributed by atoms with Crippen molar-refractivity contribution >= 4 is 44.0 Å². The van der Waals surface area contributed by atoms with Gasteiger partial charge in [-0.25, -0.2) is 13.4 Å². The van der Waals surface area contributed by atoms with Crippen LogP contribution in [0.2, 0.25) is 0 Å². The van der Waals surface area contributed by atoms with E-state index < -0.39 is 15.2 Å². The minimum Gasteiger partial charge on any atom is -0.375 e. The van der Waals surface area contributed by atoms with Gasteiger partial charge in [0.2, 0.25) is 0 Å². The molecule has 2 heterocycles. The molecule has 1 unspecified atom stereocenters. The fourth-order valence-electron chi connectivity index (χ4n) is 1.84. The molecule has 1 aromatic rings. The number of nitrogens with zero attached hydrogens (tertiary/aromatic N) is 2. The molecule has 0 saturated carbocycles. The third kappa shape index (κ3) is 3.03. The first-order chi connectivity index (χ1) is 8.95. The summed E-state index contributed by atoms with van der Waals surface area (Å²) in [7, 11) is -3.29. The van der Waals surface area contributed by atoms with E-state index in [9.17, 15) is 13.2 Å². The van der Waals surface area contributed by atoms with Gasteiger partial charge in [0.1, 0.15) is 11.1 Å². The van der Waals surface area contributed by atoms with Crippen molar-refractivity contribution in [2.75, 3.05) is 29.5 Å². The predicted octanol–water partition coefficient (Wildman–Crippen LogP) is 0.675. The predicted molar refractivity (Wildman–Crippen MR) is 78.1 cm³/mol. The number of thioether (sulfide) groups is 1. The number of hydrogen-bond acceptors (Lipinski definition) is 7. The standard InChI is InChI=1S/C10H15N3O3S3/c1-2-19(15,16)8-6-17-4-3-13(8)9(14)7-5-18-10(11)12-7/h5,8H,2-4,6H2,1H3,(H2,11,12). The van der Waals surface area contributed by atoms with Gasteiger partial charge in [0.15, 0.2) is 15.0 Å². The Bertz CT molecular complexity index is 570. The molecule has 0 aliphatic carbocycles. The summed E-state index contributed by atoms with van der Waals surface area (Å²) in [4.78, 5) is 17.7. The minimum absolute atomic E-state index is 0.0290. The Labute approximate surface area is 120 Å². The number of anilines is 1. The molecule has 6 nitrogen and oxygen atoms in total. The summed E-state index contributed by atoms with van der Waals surface area (Å²) in [6.07, 6.45) is 0. The van der Waals surface area contributed by atoms with Crippen LogP contribution in [0.1, 0.15) is 17.4 Å². The summed E-state index contributed by atoms with van der Waals surface area (Å²) < 4.78 is 24.1. The maximum Gasteiger partial charge on any atom is 0.274 e. The van der Waals surface area contributed by atoms with Gasteiger partial charge in [-0.1, -0.05) is 6.92 Å². The Morgan fingerprint density at radius 3 is 2.95 bits per heavy atom. The Hall–Kier alpha value is -0.800.